The van der Waals surface area contributed by atoms with Gasteiger partial charge in [0.2, 0.25) is 0 Å². The summed E-state index contributed by atoms with van der Waals surface area (Å²) in [6.45, 7) is 0.689. The Balaban J connectivity index is 1.76. The lowest BCUT2D eigenvalue weighted by atomic mass is 10.2. The quantitative estimate of drug-likeness (QED) is 0.224. The number of methoxy groups -OCH3 is 1. The van der Waals surface area contributed by atoms with Crippen molar-refractivity contribution in [3.05, 3.63) is 80.9 Å². The molecule has 0 saturated heterocycles. The van der Waals surface area contributed by atoms with Gasteiger partial charge in [-0.1, -0.05) is 24.3 Å². The Morgan fingerprint density at radius 2 is 1.91 bits per heavy atom. The average Bonchev–Trinajstić information content (AvgIpc) is 3.14. The first-order valence-corrected chi connectivity index (χ1v) is 10.0. The van der Waals surface area contributed by atoms with Crippen LogP contribution in [0.25, 0.3) is 33.2 Å². The summed E-state index contributed by atoms with van der Waals surface area (Å²) in [5, 5.41) is 15.8. The lowest BCUT2D eigenvalue weighted by Crippen LogP contribution is -2.22. The Hall–Kier alpha value is -4.51. The van der Waals surface area contributed by atoms with E-state index >= 15 is 0 Å². The van der Waals surface area contributed by atoms with E-state index in [4.69, 9.17) is 4.74 Å². The average molecular weight is 443 g/mol. The van der Waals surface area contributed by atoms with E-state index in [1.54, 1.807) is 19.2 Å². The van der Waals surface area contributed by atoms with Crippen molar-refractivity contribution in [1.29, 1.82) is 0 Å². The van der Waals surface area contributed by atoms with Crippen LogP contribution < -0.4 is 5.56 Å². The number of benzene rings is 2. The second kappa shape index (κ2) is 8.20. The third-order valence-corrected chi connectivity index (χ3v) is 5.15. The number of nitrogens with zero attached hydrogens (tertiary/aromatic N) is 7. The van der Waals surface area contributed by atoms with Crippen LogP contribution in [0, 0.1) is 10.1 Å². The molecule has 0 atom stereocenters. The fourth-order valence-electron chi connectivity index (χ4n) is 3.56. The van der Waals surface area contributed by atoms with Crippen molar-refractivity contribution in [3.8, 4) is 0 Å². The number of ether oxygens (including phenoxy) is 1. The molecular weight excluding hydrogens is 426 g/mol. The van der Waals surface area contributed by atoms with Gasteiger partial charge >= 0.3 is 0 Å². The van der Waals surface area contributed by atoms with E-state index in [0.717, 1.165) is 0 Å². The minimum Gasteiger partial charge on any atom is -0.383 e. The van der Waals surface area contributed by atoms with E-state index in [-0.39, 0.29) is 16.6 Å². The molecule has 11 heteroatoms. The standard InChI is InChI=1S/C22H17N7O4/c1-33-10-9-27-13-23-20-18(22(27)30)19-21(26-17-8-3-2-7-16(17)25-19)28(20)24-12-14-5-4-6-15(11-14)29(31)32/h2-8,11-13H,9-10H2,1H3/b24-12+. The topological polar surface area (TPSA) is 130 Å². The minimum absolute atomic E-state index is 0.0499. The summed E-state index contributed by atoms with van der Waals surface area (Å²) in [6.07, 6.45) is 2.89. The Labute approximate surface area is 185 Å². The molecule has 5 rings (SSSR count). The fourth-order valence-corrected chi connectivity index (χ4v) is 3.56. The normalized spacial score (nSPS) is 11.8. The van der Waals surface area contributed by atoms with Crippen molar-refractivity contribution < 1.29 is 9.66 Å². The van der Waals surface area contributed by atoms with Crippen LogP contribution in [0.2, 0.25) is 0 Å². The smallest absolute Gasteiger partial charge is 0.270 e. The molecule has 0 N–H and O–H groups in total. The highest BCUT2D eigenvalue weighted by Crippen LogP contribution is 2.25. The predicted octanol–water partition coefficient (Wildman–Crippen LogP) is 2.73. The van der Waals surface area contributed by atoms with Crippen molar-refractivity contribution in [1.82, 2.24) is 24.2 Å². The summed E-state index contributed by atoms with van der Waals surface area (Å²) in [5.74, 6) is 0. The first-order chi connectivity index (χ1) is 16.1. The zero-order valence-electron chi connectivity index (χ0n) is 17.5. The third kappa shape index (κ3) is 3.59. The highest BCUT2D eigenvalue weighted by atomic mass is 16.6. The summed E-state index contributed by atoms with van der Waals surface area (Å²) >= 11 is 0. The monoisotopic (exact) mass is 443 g/mol. The van der Waals surface area contributed by atoms with Gasteiger partial charge in [-0.05, 0) is 12.1 Å². The van der Waals surface area contributed by atoms with E-state index in [0.29, 0.717) is 46.6 Å². The molecule has 0 aliphatic heterocycles. The van der Waals surface area contributed by atoms with Gasteiger partial charge in [0.05, 0.1) is 35.3 Å². The van der Waals surface area contributed by atoms with Gasteiger partial charge in [0.15, 0.2) is 11.3 Å². The van der Waals surface area contributed by atoms with E-state index in [1.165, 1.54) is 33.9 Å². The molecule has 0 unspecified atom stereocenters. The maximum Gasteiger partial charge on any atom is 0.270 e. The molecule has 33 heavy (non-hydrogen) atoms. The largest absolute Gasteiger partial charge is 0.383 e. The molecule has 2 aromatic carbocycles. The molecule has 11 nitrogen and oxygen atoms in total. The molecule has 0 fully saturated rings. The van der Waals surface area contributed by atoms with Gasteiger partial charge < -0.3 is 4.74 Å². The van der Waals surface area contributed by atoms with E-state index in [1.807, 2.05) is 24.3 Å². The van der Waals surface area contributed by atoms with Crippen LogP contribution in [0.15, 0.2) is 64.8 Å². The molecule has 0 spiro atoms. The first kappa shape index (κ1) is 20.4. The van der Waals surface area contributed by atoms with E-state index in [9.17, 15) is 14.9 Å². The van der Waals surface area contributed by atoms with Crippen molar-refractivity contribution in [2.24, 2.45) is 5.10 Å². The number of aromatic nitrogens is 5. The second-order valence-electron chi connectivity index (χ2n) is 7.23. The molecule has 0 aliphatic rings. The molecule has 164 valence electrons. The summed E-state index contributed by atoms with van der Waals surface area (Å²) < 4.78 is 7.98. The molecule has 5 aromatic rings. The van der Waals surface area contributed by atoms with Gasteiger partial charge in [-0.15, -0.1) is 0 Å². The SMILES string of the molecule is COCCn1cnc2c(c1=O)c1nc3ccccc3nc1n2/N=C/c1cccc([N+](=O)[O-])c1. The predicted molar refractivity (Wildman–Crippen MR) is 123 cm³/mol. The second-order valence-corrected chi connectivity index (χ2v) is 7.23. The number of hydrogen-bond donors (Lipinski definition) is 0. The van der Waals surface area contributed by atoms with Crippen LogP contribution in [-0.2, 0) is 11.3 Å². The summed E-state index contributed by atoms with van der Waals surface area (Å²) in [5.41, 5.74) is 2.49. The molecule has 3 aromatic heterocycles. The molecule has 0 radical (unpaired) electrons. The summed E-state index contributed by atoms with van der Waals surface area (Å²) in [7, 11) is 1.56. The zero-order valence-corrected chi connectivity index (χ0v) is 17.5. The number of nitro groups is 1. The lowest BCUT2D eigenvalue weighted by Gasteiger charge is -2.04. The molecule has 3 heterocycles. The Kier molecular flexibility index (Phi) is 5.07. The highest BCUT2D eigenvalue weighted by molar-refractivity contribution is 6.04. The van der Waals surface area contributed by atoms with Crippen LogP contribution in [0.4, 0.5) is 5.69 Å². The number of hydrogen-bond acceptors (Lipinski definition) is 8. The number of nitro benzene ring substituents is 1. The van der Waals surface area contributed by atoms with Gasteiger partial charge in [-0.2, -0.15) is 9.78 Å². The maximum atomic E-state index is 13.3. The number of para-hydroxylation sites is 2. The van der Waals surface area contributed by atoms with Gasteiger partial charge in [0, 0.05) is 24.8 Å². The Morgan fingerprint density at radius 3 is 2.67 bits per heavy atom. The number of fused-ring (bicyclic) bond motifs is 4. The van der Waals surface area contributed by atoms with Crippen LogP contribution in [0.5, 0.6) is 0 Å². The fraction of sp³-hybridized carbons (Fsp3) is 0.136. The van der Waals surface area contributed by atoms with E-state index < -0.39 is 4.92 Å². The van der Waals surface area contributed by atoms with Gasteiger partial charge in [-0.3, -0.25) is 19.5 Å². The van der Waals surface area contributed by atoms with Gasteiger partial charge in [0.1, 0.15) is 17.2 Å². The summed E-state index contributed by atoms with van der Waals surface area (Å²) in [6, 6.07) is 13.4. The maximum absolute atomic E-state index is 13.3. The molecular formula is C22H17N7O4. The lowest BCUT2D eigenvalue weighted by molar-refractivity contribution is -0.384. The van der Waals surface area contributed by atoms with Gasteiger partial charge in [-0.25, -0.2) is 15.0 Å². The van der Waals surface area contributed by atoms with Crippen LogP contribution in [0.1, 0.15) is 5.56 Å². The number of non-ortho nitro benzene ring substituents is 1. The Bertz CT molecular complexity index is 1620. The minimum atomic E-state index is -0.473. The first-order valence-electron chi connectivity index (χ1n) is 10.0. The van der Waals surface area contributed by atoms with Crippen LogP contribution in [0.3, 0.4) is 0 Å². The van der Waals surface area contributed by atoms with Crippen molar-refractivity contribution in [3.63, 3.8) is 0 Å². The summed E-state index contributed by atoms with van der Waals surface area (Å²) in [4.78, 5) is 37.7. The molecule has 0 bridgehead atoms. The molecule has 0 amide bonds. The zero-order chi connectivity index (χ0) is 22.9. The van der Waals surface area contributed by atoms with E-state index in [2.05, 4.69) is 20.1 Å². The third-order valence-electron chi connectivity index (χ3n) is 5.15. The van der Waals surface area contributed by atoms with Crippen molar-refractivity contribution in [2.45, 2.75) is 6.54 Å². The van der Waals surface area contributed by atoms with Crippen LogP contribution >= 0.6 is 0 Å². The number of rotatable bonds is 6. The highest BCUT2D eigenvalue weighted by Gasteiger charge is 2.19. The van der Waals surface area contributed by atoms with Crippen LogP contribution in [-0.4, -0.2) is 49.0 Å². The van der Waals surface area contributed by atoms with Gasteiger partial charge in [0.25, 0.3) is 11.2 Å². The van der Waals surface area contributed by atoms with Crippen molar-refractivity contribution >= 4 is 45.1 Å². The van der Waals surface area contributed by atoms with Crippen molar-refractivity contribution in [2.75, 3.05) is 13.7 Å². The molecule has 0 aliphatic carbocycles. The molecule has 0 saturated carbocycles. The Morgan fingerprint density at radius 1 is 1.12 bits per heavy atom.